The monoisotopic (exact) mass is 257 g/mol. The van der Waals surface area contributed by atoms with Crippen LogP contribution in [0.25, 0.3) is 11.3 Å². The standard InChI is InChI=1S/C15H19N3O/c1-10(11-8-9-11)18-15(19)13(16)14(17(18)2)12-6-4-3-5-7-12/h3-7,10-11H,8-9,16H2,1-2H3. The second kappa shape index (κ2) is 4.30. The lowest BCUT2D eigenvalue weighted by Crippen LogP contribution is -2.26. The average molecular weight is 257 g/mol. The first-order chi connectivity index (χ1) is 9.11. The molecular weight excluding hydrogens is 238 g/mol. The Balaban J connectivity index is 2.17. The number of nitrogens with two attached hydrogens (primary N) is 1. The van der Waals surface area contributed by atoms with Crippen molar-refractivity contribution in [2.75, 3.05) is 5.73 Å². The number of aromatic nitrogens is 2. The van der Waals surface area contributed by atoms with Crippen molar-refractivity contribution in [2.45, 2.75) is 25.8 Å². The van der Waals surface area contributed by atoms with Crippen LogP contribution in [0.4, 0.5) is 5.69 Å². The molecule has 1 fully saturated rings. The second-order valence-corrected chi connectivity index (χ2v) is 5.38. The van der Waals surface area contributed by atoms with E-state index in [-0.39, 0.29) is 11.6 Å². The van der Waals surface area contributed by atoms with E-state index in [0.717, 1.165) is 11.3 Å². The largest absolute Gasteiger partial charge is 0.392 e. The number of hydrogen-bond donors (Lipinski definition) is 1. The number of anilines is 1. The van der Waals surface area contributed by atoms with Gasteiger partial charge in [-0.3, -0.25) is 9.48 Å². The smallest absolute Gasteiger partial charge is 0.290 e. The Bertz CT molecular complexity index is 650. The lowest BCUT2D eigenvalue weighted by atomic mass is 10.1. The molecule has 0 saturated heterocycles. The molecule has 0 radical (unpaired) electrons. The third-order valence-electron chi connectivity index (χ3n) is 4.08. The topological polar surface area (TPSA) is 52.9 Å². The Morgan fingerprint density at radius 3 is 2.47 bits per heavy atom. The van der Waals surface area contributed by atoms with Crippen LogP contribution in [0.2, 0.25) is 0 Å². The van der Waals surface area contributed by atoms with Crippen LogP contribution in [-0.4, -0.2) is 9.36 Å². The van der Waals surface area contributed by atoms with Gasteiger partial charge in [-0.05, 0) is 25.7 Å². The van der Waals surface area contributed by atoms with Crippen molar-refractivity contribution >= 4 is 5.69 Å². The fraction of sp³-hybridized carbons (Fsp3) is 0.400. The van der Waals surface area contributed by atoms with Gasteiger partial charge in [0.15, 0.2) is 0 Å². The van der Waals surface area contributed by atoms with Crippen LogP contribution >= 0.6 is 0 Å². The minimum Gasteiger partial charge on any atom is -0.392 e. The minimum atomic E-state index is -0.0687. The van der Waals surface area contributed by atoms with Crippen molar-refractivity contribution < 1.29 is 0 Å². The molecule has 1 saturated carbocycles. The minimum absolute atomic E-state index is 0.0687. The van der Waals surface area contributed by atoms with Crippen molar-refractivity contribution in [3.63, 3.8) is 0 Å². The molecule has 19 heavy (non-hydrogen) atoms. The number of rotatable bonds is 3. The molecule has 1 unspecified atom stereocenters. The zero-order valence-corrected chi connectivity index (χ0v) is 11.3. The summed E-state index contributed by atoms with van der Waals surface area (Å²) in [7, 11) is 1.92. The molecule has 1 aliphatic carbocycles. The lowest BCUT2D eigenvalue weighted by Gasteiger charge is -2.16. The maximum absolute atomic E-state index is 12.4. The number of benzene rings is 1. The molecule has 1 atom stereocenters. The first-order valence-corrected chi connectivity index (χ1v) is 6.73. The second-order valence-electron chi connectivity index (χ2n) is 5.38. The van der Waals surface area contributed by atoms with Crippen LogP contribution in [0.3, 0.4) is 0 Å². The number of nitrogens with zero attached hydrogens (tertiary/aromatic N) is 2. The molecule has 1 aromatic carbocycles. The highest BCUT2D eigenvalue weighted by molar-refractivity contribution is 5.72. The third-order valence-corrected chi connectivity index (χ3v) is 4.08. The highest BCUT2D eigenvalue weighted by Gasteiger charge is 2.32. The summed E-state index contributed by atoms with van der Waals surface area (Å²) in [6.45, 7) is 2.10. The maximum atomic E-state index is 12.4. The van der Waals surface area contributed by atoms with E-state index in [4.69, 9.17) is 5.73 Å². The van der Waals surface area contributed by atoms with Gasteiger partial charge in [-0.2, -0.15) is 0 Å². The maximum Gasteiger partial charge on any atom is 0.290 e. The Kier molecular flexibility index (Phi) is 2.73. The van der Waals surface area contributed by atoms with Crippen LogP contribution in [0, 0.1) is 5.92 Å². The molecule has 1 aromatic heterocycles. The molecule has 0 amide bonds. The summed E-state index contributed by atoms with van der Waals surface area (Å²) in [5.41, 5.74) is 8.13. The van der Waals surface area contributed by atoms with Crippen molar-refractivity contribution in [1.29, 1.82) is 0 Å². The molecule has 1 aliphatic rings. The van der Waals surface area contributed by atoms with E-state index in [1.54, 1.807) is 4.68 Å². The summed E-state index contributed by atoms with van der Waals surface area (Å²) in [6, 6.07) is 10.1. The summed E-state index contributed by atoms with van der Waals surface area (Å²) < 4.78 is 3.71. The molecule has 0 bridgehead atoms. The molecule has 3 rings (SSSR count). The molecule has 0 spiro atoms. The SMILES string of the molecule is CC(C1CC1)n1c(=O)c(N)c(-c2ccccc2)n1C. The van der Waals surface area contributed by atoms with Crippen molar-refractivity contribution in [2.24, 2.45) is 13.0 Å². The van der Waals surface area contributed by atoms with Gasteiger partial charge in [0.25, 0.3) is 5.56 Å². The molecular formula is C15H19N3O. The fourth-order valence-corrected chi connectivity index (χ4v) is 2.82. The molecule has 0 aliphatic heterocycles. The Hall–Kier alpha value is -1.97. The molecule has 4 nitrogen and oxygen atoms in total. The predicted molar refractivity (Wildman–Crippen MR) is 77.0 cm³/mol. The van der Waals surface area contributed by atoms with Gasteiger partial charge in [0.2, 0.25) is 0 Å². The Morgan fingerprint density at radius 1 is 1.26 bits per heavy atom. The zero-order chi connectivity index (χ0) is 13.6. The average Bonchev–Trinajstić information content (AvgIpc) is 3.21. The van der Waals surface area contributed by atoms with Crippen molar-refractivity contribution in [1.82, 2.24) is 9.36 Å². The van der Waals surface area contributed by atoms with Gasteiger partial charge in [-0.1, -0.05) is 30.3 Å². The zero-order valence-electron chi connectivity index (χ0n) is 11.3. The quantitative estimate of drug-likeness (QED) is 0.918. The molecule has 100 valence electrons. The predicted octanol–water partition coefficient (Wildman–Crippen LogP) is 2.41. The van der Waals surface area contributed by atoms with Gasteiger partial charge in [-0.15, -0.1) is 0 Å². The van der Waals surface area contributed by atoms with Crippen molar-refractivity contribution in [3.05, 3.63) is 40.7 Å². The highest BCUT2D eigenvalue weighted by atomic mass is 16.1. The third kappa shape index (κ3) is 1.87. The van der Waals surface area contributed by atoms with Crippen LogP contribution in [-0.2, 0) is 7.05 Å². The number of hydrogen-bond acceptors (Lipinski definition) is 2. The normalized spacial score (nSPS) is 16.5. The van der Waals surface area contributed by atoms with Crippen molar-refractivity contribution in [3.8, 4) is 11.3 Å². The molecule has 4 heteroatoms. The van der Waals surface area contributed by atoms with E-state index in [1.807, 2.05) is 42.1 Å². The summed E-state index contributed by atoms with van der Waals surface area (Å²) in [5, 5.41) is 0. The highest BCUT2D eigenvalue weighted by Crippen LogP contribution is 2.39. The van der Waals surface area contributed by atoms with Gasteiger partial charge in [-0.25, -0.2) is 4.68 Å². The lowest BCUT2D eigenvalue weighted by molar-refractivity contribution is 0.377. The first kappa shape index (κ1) is 12.1. The van der Waals surface area contributed by atoms with Gasteiger partial charge in [0.1, 0.15) is 5.69 Å². The van der Waals surface area contributed by atoms with E-state index >= 15 is 0 Å². The van der Waals surface area contributed by atoms with E-state index in [1.165, 1.54) is 12.8 Å². The summed E-state index contributed by atoms with van der Waals surface area (Å²) in [4.78, 5) is 12.4. The van der Waals surface area contributed by atoms with Crippen LogP contribution in [0.1, 0.15) is 25.8 Å². The first-order valence-electron chi connectivity index (χ1n) is 6.73. The van der Waals surface area contributed by atoms with E-state index in [0.29, 0.717) is 11.6 Å². The Labute approximate surface area is 112 Å². The van der Waals surface area contributed by atoms with Crippen LogP contribution < -0.4 is 11.3 Å². The van der Waals surface area contributed by atoms with Gasteiger partial charge in [0, 0.05) is 12.6 Å². The fourth-order valence-electron chi connectivity index (χ4n) is 2.82. The van der Waals surface area contributed by atoms with Gasteiger partial charge >= 0.3 is 0 Å². The Morgan fingerprint density at radius 2 is 1.89 bits per heavy atom. The van der Waals surface area contributed by atoms with Crippen LogP contribution in [0.5, 0.6) is 0 Å². The van der Waals surface area contributed by atoms with E-state index in [9.17, 15) is 4.79 Å². The van der Waals surface area contributed by atoms with Crippen LogP contribution in [0.15, 0.2) is 35.1 Å². The van der Waals surface area contributed by atoms with E-state index in [2.05, 4.69) is 6.92 Å². The molecule has 1 heterocycles. The van der Waals surface area contributed by atoms with Gasteiger partial charge < -0.3 is 5.73 Å². The number of nitrogen functional groups attached to an aromatic ring is 1. The molecule has 2 N–H and O–H groups in total. The molecule has 2 aromatic rings. The van der Waals surface area contributed by atoms with Gasteiger partial charge in [0.05, 0.1) is 11.7 Å². The summed E-state index contributed by atoms with van der Waals surface area (Å²) >= 11 is 0. The summed E-state index contributed by atoms with van der Waals surface area (Å²) in [6.07, 6.45) is 2.42. The van der Waals surface area contributed by atoms with E-state index < -0.39 is 0 Å². The summed E-state index contributed by atoms with van der Waals surface area (Å²) in [5.74, 6) is 0.620.